The topological polar surface area (TPSA) is 25.4 Å². The van der Waals surface area contributed by atoms with Gasteiger partial charge in [0.2, 0.25) is 0 Å². The smallest absolute Gasteiger partial charge is 0.127 e. The van der Waals surface area contributed by atoms with Crippen molar-refractivity contribution in [1.29, 1.82) is 0 Å². The summed E-state index contributed by atoms with van der Waals surface area (Å²) in [6.07, 6.45) is 5.18. The van der Waals surface area contributed by atoms with Crippen LogP contribution in [0.3, 0.4) is 0 Å². The van der Waals surface area contributed by atoms with Crippen LogP contribution in [0.4, 0.5) is 0 Å². The maximum Gasteiger partial charge on any atom is 0.127 e. The van der Waals surface area contributed by atoms with Gasteiger partial charge in [0.1, 0.15) is 5.75 Å². The minimum atomic E-state index is 0.675. The van der Waals surface area contributed by atoms with E-state index in [0.29, 0.717) is 5.92 Å². The molecule has 170 valence electrons. The van der Waals surface area contributed by atoms with Crippen LogP contribution < -0.4 is 4.74 Å². The summed E-state index contributed by atoms with van der Waals surface area (Å²) in [4.78, 5) is 7.43. The van der Waals surface area contributed by atoms with Gasteiger partial charge in [0.15, 0.2) is 0 Å². The third kappa shape index (κ3) is 6.20. The number of rotatable bonds is 11. The molecular formula is C29H38N2O. The van der Waals surface area contributed by atoms with E-state index in [-0.39, 0.29) is 0 Å². The van der Waals surface area contributed by atoms with E-state index in [0.717, 1.165) is 49.5 Å². The van der Waals surface area contributed by atoms with Gasteiger partial charge in [-0.15, -0.1) is 0 Å². The van der Waals surface area contributed by atoms with E-state index in [4.69, 9.17) is 9.72 Å². The molecule has 32 heavy (non-hydrogen) atoms. The Morgan fingerprint density at radius 3 is 2.16 bits per heavy atom. The Morgan fingerprint density at radius 2 is 1.56 bits per heavy atom. The molecule has 0 N–H and O–H groups in total. The van der Waals surface area contributed by atoms with E-state index in [1.165, 1.54) is 28.7 Å². The van der Waals surface area contributed by atoms with Crippen molar-refractivity contribution >= 4 is 0 Å². The first-order chi connectivity index (χ1) is 15.5. The van der Waals surface area contributed by atoms with Crippen LogP contribution in [0.5, 0.6) is 5.75 Å². The number of benzene rings is 2. The molecular weight excluding hydrogens is 392 g/mol. The fourth-order valence-corrected chi connectivity index (χ4v) is 4.22. The number of ether oxygens (including phenoxy) is 1. The Hall–Kier alpha value is -2.65. The largest absolute Gasteiger partial charge is 0.496 e. The fourth-order valence-electron chi connectivity index (χ4n) is 4.22. The summed E-state index contributed by atoms with van der Waals surface area (Å²) in [6.45, 7) is 11.8. The molecule has 2 aromatic carbocycles. The molecule has 0 aliphatic rings. The summed E-state index contributed by atoms with van der Waals surface area (Å²) < 4.78 is 5.86. The molecule has 0 unspecified atom stereocenters. The van der Waals surface area contributed by atoms with Crippen molar-refractivity contribution in [2.24, 2.45) is 5.92 Å². The lowest BCUT2D eigenvalue weighted by Crippen LogP contribution is -2.25. The van der Waals surface area contributed by atoms with Gasteiger partial charge in [0.05, 0.1) is 12.8 Å². The first-order valence-corrected chi connectivity index (χ1v) is 12.0. The SMILES string of the molecule is CCc1cccc(CC)c1-c1cc(OC)c(CN(CCC(C)C)Cc2ccccc2)cn1. The zero-order chi connectivity index (χ0) is 22.9. The number of aryl methyl sites for hydroxylation is 2. The van der Waals surface area contributed by atoms with Crippen LogP contribution in [-0.2, 0) is 25.9 Å². The normalized spacial score (nSPS) is 11.3. The van der Waals surface area contributed by atoms with Crippen LogP contribution in [0.2, 0.25) is 0 Å². The van der Waals surface area contributed by atoms with Gasteiger partial charge < -0.3 is 4.74 Å². The third-order valence-electron chi connectivity index (χ3n) is 6.08. The van der Waals surface area contributed by atoms with E-state index < -0.39 is 0 Å². The minimum absolute atomic E-state index is 0.675. The molecule has 3 aromatic rings. The van der Waals surface area contributed by atoms with Crippen molar-refractivity contribution in [2.75, 3.05) is 13.7 Å². The van der Waals surface area contributed by atoms with Gasteiger partial charge in [-0.2, -0.15) is 0 Å². The first kappa shape index (κ1) is 24.0. The summed E-state index contributed by atoms with van der Waals surface area (Å²) in [7, 11) is 1.77. The van der Waals surface area contributed by atoms with Crippen LogP contribution in [0.15, 0.2) is 60.8 Å². The lowest BCUT2D eigenvalue weighted by molar-refractivity contribution is 0.237. The summed E-state index contributed by atoms with van der Waals surface area (Å²) >= 11 is 0. The predicted octanol–water partition coefficient (Wildman–Crippen LogP) is 6.93. The quantitative estimate of drug-likeness (QED) is 0.330. The second-order valence-corrected chi connectivity index (χ2v) is 8.92. The van der Waals surface area contributed by atoms with E-state index in [1.807, 2.05) is 6.20 Å². The second-order valence-electron chi connectivity index (χ2n) is 8.92. The Kier molecular flexibility index (Phi) is 8.87. The predicted molar refractivity (Wildman–Crippen MR) is 135 cm³/mol. The van der Waals surface area contributed by atoms with Gasteiger partial charge in [-0.1, -0.05) is 76.2 Å². The molecule has 3 nitrogen and oxygen atoms in total. The van der Waals surface area contributed by atoms with Gasteiger partial charge in [-0.3, -0.25) is 9.88 Å². The van der Waals surface area contributed by atoms with E-state index in [9.17, 15) is 0 Å². The molecule has 3 heteroatoms. The van der Waals surface area contributed by atoms with Crippen molar-refractivity contribution in [1.82, 2.24) is 9.88 Å². The molecule has 0 saturated carbocycles. The molecule has 0 aliphatic heterocycles. The highest BCUT2D eigenvalue weighted by Crippen LogP contribution is 2.32. The van der Waals surface area contributed by atoms with Gasteiger partial charge in [-0.05, 0) is 48.4 Å². The lowest BCUT2D eigenvalue weighted by atomic mass is 9.94. The first-order valence-electron chi connectivity index (χ1n) is 12.0. The summed E-state index contributed by atoms with van der Waals surface area (Å²) in [5, 5.41) is 0. The number of hydrogen-bond donors (Lipinski definition) is 0. The number of aromatic nitrogens is 1. The second kappa shape index (κ2) is 11.8. The average molecular weight is 431 g/mol. The molecule has 0 saturated heterocycles. The Balaban J connectivity index is 1.90. The molecule has 0 radical (unpaired) electrons. The van der Waals surface area contributed by atoms with Crippen molar-refractivity contribution < 1.29 is 4.74 Å². The summed E-state index contributed by atoms with van der Waals surface area (Å²) in [5.41, 5.74) is 7.44. The number of methoxy groups -OCH3 is 1. The van der Waals surface area contributed by atoms with Gasteiger partial charge in [0.25, 0.3) is 0 Å². The minimum Gasteiger partial charge on any atom is -0.496 e. The molecule has 0 bridgehead atoms. The van der Waals surface area contributed by atoms with Gasteiger partial charge in [-0.25, -0.2) is 0 Å². The summed E-state index contributed by atoms with van der Waals surface area (Å²) in [5.74, 6) is 1.60. The molecule has 0 aliphatic carbocycles. The van der Waals surface area contributed by atoms with E-state index in [1.54, 1.807) is 7.11 Å². The van der Waals surface area contributed by atoms with E-state index >= 15 is 0 Å². The average Bonchev–Trinajstić information content (AvgIpc) is 2.82. The molecule has 1 heterocycles. The zero-order valence-corrected chi connectivity index (χ0v) is 20.4. The highest BCUT2D eigenvalue weighted by Gasteiger charge is 2.16. The Bertz CT molecular complexity index is 959. The maximum absolute atomic E-state index is 5.86. The van der Waals surface area contributed by atoms with Crippen LogP contribution in [-0.4, -0.2) is 23.5 Å². The van der Waals surface area contributed by atoms with Crippen molar-refractivity contribution in [2.45, 2.75) is 60.0 Å². The van der Waals surface area contributed by atoms with E-state index in [2.05, 4.69) is 87.2 Å². The Morgan fingerprint density at radius 1 is 0.875 bits per heavy atom. The maximum atomic E-state index is 5.86. The van der Waals surface area contributed by atoms with Crippen LogP contribution in [0.1, 0.15) is 56.4 Å². The number of hydrogen-bond acceptors (Lipinski definition) is 3. The molecule has 0 spiro atoms. The molecule has 0 atom stereocenters. The fraction of sp³-hybridized carbons (Fsp3) is 0.414. The van der Waals surface area contributed by atoms with Gasteiger partial charge in [0, 0.05) is 36.5 Å². The lowest BCUT2D eigenvalue weighted by Gasteiger charge is -2.24. The third-order valence-corrected chi connectivity index (χ3v) is 6.08. The highest BCUT2D eigenvalue weighted by atomic mass is 16.5. The Labute approximate surface area is 194 Å². The van der Waals surface area contributed by atoms with Crippen LogP contribution >= 0.6 is 0 Å². The molecule has 0 fully saturated rings. The van der Waals surface area contributed by atoms with Crippen LogP contribution in [0, 0.1) is 5.92 Å². The van der Waals surface area contributed by atoms with Gasteiger partial charge >= 0.3 is 0 Å². The standard InChI is InChI=1S/C29H38N2O/c1-6-24-14-11-15-25(7-2)29(24)27-18-28(32-5)26(19-30-27)21-31(17-16-22(3)4)20-23-12-9-8-10-13-23/h8-15,18-19,22H,6-7,16-17,20-21H2,1-5H3. The van der Waals surface area contributed by atoms with Crippen molar-refractivity contribution in [3.05, 3.63) is 83.0 Å². The van der Waals surface area contributed by atoms with Crippen molar-refractivity contribution in [3.63, 3.8) is 0 Å². The van der Waals surface area contributed by atoms with Crippen molar-refractivity contribution in [3.8, 4) is 17.0 Å². The monoisotopic (exact) mass is 430 g/mol. The number of nitrogens with zero attached hydrogens (tertiary/aromatic N) is 2. The molecule has 3 rings (SSSR count). The summed E-state index contributed by atoms with van der Waals surface area (Å²) in [6, 6.07) is 19.4. The number of pyridine rings is 1. The van der Waals surface area contributed by atoms with Crippen LogP contribution in [0.25, 0.3) is 11.3 Å². The molecule has 0 amide bonds. The molecule has 1 aromatic heterocycles. The highest BCUT2D eigenvalue weighted by molar-refractivity contribution is 5.69. The zero-order valence-electron chi connectivity index (χ0n) is 20.4.